The SMILES string of the molecule is COc1ccc(C(=O)Nc2cc(-c3ccccc3)no2)cc1. The van der Waals surface area contributed by atoms with Crippen LogP contribution in [-0.4, -0.2) is 18.2 Å². The number of methoxy groups -OCH3 is 1. The first-order valence-corrected chi connectivity index (χ1v) is 6.74. The maximum absolute atomic E-state index is 12.1. The third kappa shape index (κ3) is 2.98. The van der Waals surface area contributed by atoms with Crippen LogP contribution in [0.4, 0.5) is 5.88 Å². The molecule has 1 heterocycles. The van der Waals surface area contributed by atoms with Gasteiger partial charge in [0.25, 0.3) is 5.91 Å². The van der Waals surface area contributed by atoms with Crippen molar-refractivity contribution in [3.05, 3.63) is 66.2 Å². The van der Waals surface area contributed by atoms with E-state index in [1.165, 1.54) is 0 Å². The van der Waals surface area contributed by atoms with E-state index in [4.69, 9.17) is 9.26 Å². The Morgan fingerprint density at radius 2 is 1.82 bits per heavy atom. The number of benzene rings is 2. The molecule has 22 heavy (non-hydrogen) atoms. The molecule has 3 aromatic rings. The van der Waals surface area contributed by atoms with Crippen molar-refractivity contribution >= 4 is 11.8 Å². The quantitative estimate of drug-likeness (QED) is 0.798. The molecule has 0 spiro atoms. The number of ether oxygens (including phenoxy) is 1. The van der Waals surface area contributed by atoms with E-state index in [0.29, 0.717) is 22.9 Å². The summed E-state index contributed by atoms with van der Waals surface area (Å²) in [6, 6.07) is 18.1. The third-order valence-electron chi connectivity index (χ3n) is 3.17. The number of rotatable bonds is 4. The molecule has 1 amide bonds. The topological polar surface area (TPSA) is 64.4 Å². The van der Waals surface area contributed by atoms with Crippen molar-refractivity contribution in [3.8, 4) is 17.0 Å². The maximum Gasteiger partial charge on any atom is 0.258 e. The maximum atomic E-state index is 12.1. The van der Waals surface area contributed by atoms with Gasteiger partial charge in [-0.2, -0.15) is 0 Å². The summed E-state index contributed by atoms with van der Waals surface area (Å²) in [6.45, 7) is 0. The number of nitrogens with zero attached hydrogens (tertiary/aromatic N) is 1. The van der Waals surface area contributed by atoms with Crippen LogP contribution in [0.2, 0.25) is 0 Å². The van der Waals surface area contributed by atoms with Gasteiger partial charge in [-0.05, 0) is 24.3 Å². The molecule has 0 atom stereocenters. The number of carbonyl (C=O) groups excluding carboxylic acids is 1. The van der Waals surface area contributed by atoms with E-state index in [9.17, 15) is 4.79 Å². The van der Waals surface area contributed by atoms with Gasteiger partial charge in [0.05, 0.1) is 7.11 Å². The summed E-state index contributed by atoms with van der Waals surface area (Å²) in [5, 5.41) is 6.63. The third-order valence-corrected chi connectivity index (χ3v) is 3.17. The predicted octanol–water partition coefficient (Wildman–Crippen LogP) is 3.60. The van der Waals surface area contributed by atoms with Gasteiger partial charge in [-0.1, -0.05) is 35.5 Å². The second kappa shape index (κ2) is 6.13. The zero-order valence-corrected chi connectivity index (χ0v) is 11.9. The van der Waals surface area contributed by atoms with Crippen LogP contribution in [0.5, 0.6) is 5.75 Å². The summed E-state index contributed by atoms with van der Waals surface area (Å²) >= 11 is 0. The Morgan fingerprint density at radius 3 is 2.50 bits per heavy atom. The van der Waals surface area contributed by atoms with Crippen molar-refractivity contribution in [2.75, 3.05) is 12.4 Å². The number of anilines is 1. The fourth-order valence-corrected chi connectivity index (χ4v) is 2.01. The molecule has 0 aliphatic heterocycles. The molecule has 1 aromatic heterocycles. The van der Waals surface area contributed by atoms with Crippen LogP contribution in [0.3, 0.4) is 0 Å². The van der Waals surface area contributed by atoms with Gasteiger partial charge in [0.1, 0.15) is 11.4 Å². The highest BCUT2D eigenvalue weighted by Gasteiger charge is 2.11. The highest BCUT2D eigenvalue weighted by atomic mass is 16.5. The zero-order valence-electron chi connectivity index (χ0n) is 11.9. The number of aromatic nitrogens is 1. The van der Waals surface area contributed by atoms with Crippen LogP contribution in [0.1, 0.15) is 10.4 Å². The number of amides is 1. The number of carbonyl (C=O) groups is 1. The lowest BCUT2D eigenvalue weighted by Crippen LogP contribution is -2.11. The molecule has 0 fully saturated rings. The van der Waals surface area contributed by atoms with Crippen molar-refractivity contribution in [3.63, 3.8) is 0 Å². The molecule has 0 radical (unpaired) electrons. The lowest BCUT2D eigenvalue weighted by atomic mass is 10.1. The van der Waals surface area contributed by atoms with Crippen molar-refractivity contribution < 1.29 is 14.1 Å². The molecule has 0 unspecified atom stereocenters. The number of hydrogen-bond acceptors (Lipinski definition) is 4. The molecule has 1 N–H and O–H groups in total. The van der Waals surface area contributed by atoms with E-state index < -0.39 is 0 Å². The first kappa shape index (κ1) is 13.9. The lowest BCUT2D eigenvalue weighted by Gasteiger charge is -2.02. The Kier molecular flexibility index (Phi) is 3.87. The molecule has 2 aromatic carbocycles. The summed E-state index contributed by atoms with van der Waals surface area (Å²) in [7, 11) is 1.58. The average Bonchev–Trinajstić information content (AvgIpc) is 3.04. The summed E-state index contributed by atoms with van der Waals surface area (Å²) in [5.74, 6) is 0.737. The molecule has 0 saturated carbocycles. The smallest absolute Gasteiger partial charge is 0.258 e. The van der Waals surface area contributed by atoms with Gasteiger partial charge < -0.3 is 9.26 Å². The summed E-state index contributed by atoms with van der Waals surface area (Å²) < 4.78 is 10.2. The van der Waals surface area contributed by atoms with Gasteiger partial charge in [0, 0.05) is 17.2 Å². The Hall–Kier alpha value is -3.08. The predicted molar refractivity (Wildman–Crippen MR) is 82.9 cm³/mol. The normalized spacial score (nSPS) is 10.2. The Morgan fingerprint density at radius 1 is 1.09 bits per heavy atom. The minimum atomic E-state index is -0.265. The molecule has 5 nitrogen and oxygen atoms in total. The molecule has 3 rings (SSSR count). The highest BCUT2D eigenvalue weighted by molar-refractivity contribution is 6.03. The molecular weight excluding hydrogens is 280 g/mol. The highest BCUT2D eigenvalue weighted by Crippen LogP contribution is 2.21. The molecular formula is C17H14N2O3. The Labute approximate surface area is 127 Å². The van der Waals surface area contributed by atoms with Gasteiger partial charge in [-0.15, -0.1) is 0 Å². The van der Waals surface area contributed by atoms with Gasteiger partial charge in [0.15, 0.2) is 0 Å². The van der Waals surface area contributed by atoms with Crippen LogP contribution in [0.25, 0.3) is 11.3 Å². The Balaban J connectivity index is 1.73. The van der Waals surface area contributed by atoms with E-state index in [0.717, 1.165) is 5.56 Å². The van der Waals surface area contributed by atoms with Gasteiger partial charge in [-0.3, -0.25) is 10.1 Å². The lowest BCUT2D eigenvalue weighted by molar-refractivity contribution is 0.102. The van der Waals surface area contributed by atoms with Crippen LogP contribution >= 0.6 is 0 Å². The van der Waals surface area contributed by atoms with Crippen molar-refractivity contribution in [2.24, 2.45) is 0 Å². The van der Waals surface area contributed by atoms with Gasteiger partial charge >= 0.3 is 0 Å². The Bertz CT molecular complexity index is 764. The molecule has 5 heteroatoms. The molecule has 110 valence electrons. The fraction of sp³-hybridized carbons (Fsp3) is 0.0588. The van der Waals surface area contributed by atoms with Crippen molar-refractivity contribution in [2.45, 2.75) is 0 Å². The fourth-order valence-electron chi connectivity index (χ4n) is 2.01. The average molecular weight is 294 g/mol. The van der Waals surface area contributed by atoms with E-state index in [-0.39, 0.29) is 5.91 Å². The zero-order chi connectivity index (χ0) is 15.4. The van der Waals surface area contributed by atoms with E-state index >= 15 is 0 Å². The molecule has 0 aliphatic carbocycles. The number of hydrogen-bond donors (Lipinski definition) is 1. The van der Waals surface area contributed by atoms with Crippen molar-refractivity contribution in [1.82, 2.24) is 5.16 Å². The first-order chi connectivity index (χ1) is 10.8. The monoisotopic (exact) mass is 294 g/mol. The minimum absolute atomic E-state index is 0.265. The van der Waals surface area contributed by atoms with Crippen molar-refractivity contribution in [1.29, 1.82) is 0 Å². The van der Waals surface area contributed by atoms with Crippen LogP contribution in [0.15, 0.2) is 65.2 Å². The second-order valence-corrected chi connectivity index (χ2v) is 4.63. The van der Waals surface area contributed by atoms with Gasteiger partial charge in [0.2, 0.25) is 5.88 Å². The van der Waals surface area contributed by atoms with Crippen LogP contribution in [-0.2, 0) is 0 Å². The summed E-state index contributed by atoms with van der Waals surface area (Å²) in [4.78, 5) is 12.1. The van der Waals surface area contributed by atoms with E-state index in [2.05, 4.69) is 10.5 Å². The van der Waals surface area contributed by atoms with E-state index in [1.807, 2.05) is 30.3 Å². The molecule has 0 bridgehead atoms. The van der Waals surface area contributed by atoms with Crippen LogP contribution < -0.4 is 10.1 Å². The van der Waals surface area contributed by atoms with Crippen LogP contribution in [0, 0.1) is 0 Å². The largest absolute Gasteiger partial charge is 0.497 e. The van der Waals surface area contributed by atoms with E-state index in [1.54, 1.807) is 37.4 Å². The molecule has 0 saturated heterocycles. The molecule has 0 aliphatic rings. The first-order valence-electron chi connectivity index (χ1n) is 6.74. The summed E-state index contributed by atoms with van der Waals surface area (Å²) in [5.41, 5.74) is 2.11. The second-order valence-electron chi connectivity index (χ2n) is 4.63. The minimum Gasteiger partial charge on any atom is -0.497 e. The number of nitrogens with one attached hydrogen (secondary N) is 1. The van der Waals surface area contributed by atoms with Gasteiger partial charge in [-0.25, -0.2) is 0 Å². The summed E-state index contributed by atoms with van der Waals surface area (Å²) in [6.07, 6.45) is 0. The standard InChI is InChI=1S/C17H14N2O3/c1-21-14-9-7-13(8-10-14)17(20)18-16-11-15(19-22-16)12-5-3-2-4-6-12/h2-11H,1H3,(H,18,20).